The summed E-state index contributed by atoms with van der Waals surface area (Å²) in [7, 11) is 0. The molecule has 1 aliphatic carbocycles. The lowest BCUT2D eigenvalue weighted by atomic mass is 9.91. The van der Waals surface area contributed by atoms with Crippen molar-refractivity contribution < 1.29 is 27.5 Å². The maximum atomic E-state index is 13.8. The smallest absolute Gasteiger partial charge is 0.433 e. The van der Waals surface area contributed by atoms with Gasteiger partial charge in [-0.3, -0.25) is 4.79 Å². The van der Waals surface area contributed by atoms with Crippen molar-refractivity contribution >= 4 is 33.9 Å². The zero-order valence-electron chi connectivity index (χ0n) is 20.0. The molecule has 0 bridgehead atoms. The fourth-order valence-electron chi connectivity index (χ4n) is 3.98. The van der Waals surface area contributed by atoms with Crippen LogP contribution in [0.1, 0.15) is 89.6 Å². The zero-order valence-corrected chi connectivity index (χ0v) is 20.8. The van der Waals surface area contributed by atoms with Crippen LogP contribution in [0.3, 0.4) is 0 Å². The van der Waals surface area contributed by atoms with Crippen LogP contribution in [-0.2, 0) is 29.2 Å². The molecule has 0 aromatic carbocycles. The van der Waals surface area contributed by atoms with Crippen molar-refractivity contribution in [3.8, 4) is 0 Å². The van der Waals surface area contributed by atoms with E-state index < -0.39 is 29.2 Å². The Balaban J connectivity index is 1.73. The fourth-order valence-corrected chi connectivity index (χ4v) is 5.25. The Hall–Kier alpha value is -2.95. The number of rotatable bonds is 5. The summed E-state index contributed by atoms with van der Waals surface area (Å²) in [6.07, 6.45) is -0.609. The summed E-state index contributed by atoms with van der Waals surface area (Å²) in [5.41, 5.74) is -0.518. The lowest BCUT2D eigenvalue weighted by Gasteiger charge is -2.19. The Bertz CT molecular complexity index is 1290. The highest BCUT2D eigenvalue weighted by Gasteiger charge is 2.37. The van der Waals surface area contributed by atoms with E-state index in [1.54, 1.807) is 20.8 Å². The summed E-state index contributed by atoms with van der Waals surface area (Å²) in [4.78, 5) is 31.2. The van der Waals surface area contributed by atoms with E-state index in [9.17, 15) is 22.8 Å². The average Bonchev–Trinajstić information content (AvgIpc) is 3.36. The number of aryl methyl sites for hydroxylation is 1. The third kappa shape index (κ3) is 5.05. The third-order valence-corrected chi connectivity index (χ3v) is 6.97. The summed E-state index contributed by atoms with van der Waals surface area (Å²) < 4.78 is 47.3. The van der Waals surface area contributed by atoms with Crippen molar-refractivity contribution in [3.63, 3.8) is 0 Å². The van der Waals surface area contributed by atoms with Gasteiger partial charge in [-0.05, 0) is 43.7 Å². The molecule has 0 saturated carbocycles. The van der Waals surface area contributed by atoms with E-state index in [2.05, 4.69) is 15.4 Å². The first kappa shape index (κ1) is 25.2. The van der Waals surface area contributed by atoms with Gasteiger partial charge in [-0.15, -0.1) is 11.3 Å². The molecule has 3 heterocycles. The summed E-state index contributed by atoms with van der Waals surface area (Å²) in [6.45, 7) is 7.41. The number of nitrogens with one attached hydrogen (secondary N) is 1. The fraction of sp³-hybridized carbons (Fsp3) is 0.500. The minimum Gasteiger partial charge on any atom is -0.462 e. The predicted octanol–water partition coefficient (Wildman–Crippen LogP) is 5.81. The maximum Gasteiger partial charge on any atom is 0.433 e. The van der Waals surface area contributed by atoms with Crippen LogP contribution in [0.25, 0.3) is 5.65 Å². The number of amides is 1. The van der Waals surface area contributed by atoms with Gasteiger partial charge in [-0.1, -0.05) is 27.7 Å². The molecule has 0 aliphatic heterocycles. The normalized spacial score (nSPS) is 14.1. The van der Waals surface area contributed by atoms with Crippen molar-refractivity contribution in [2.75, 3.05) is 11.9 Å². The van der Waals surface area contributed by atoms with Crippen molar-refractivity contribution in [1.29, 1.82) is 0 Å². The minimum atomic E-state index is -4.69. The van der Waals surface area contributed by atoms with Crippen LogP contribution in [0.15, 0.2) is 12.1 Å². The second-order valence-electron chi connectivity index (χ2n) is 9.58. The maximum absolute atomic E-state index is 13.8. The number of alkyl halides is 3. The number of carbonyl (C=O) groups is 2. The summed E-state index contributed by atoms with van der Waals surface area (Å²) in [5, 5.41) is 6.95. The van der Waals surface area contributed by atoms with E-state index in [4.69, 9.17) is 4.74 Å². The first-order valence-corrected chi connectivity index (χ1v) is 12.3. The molecule has 0 radical (unpaired) electrons. The number of hydrogen-bond acceptors (Lipinski definition) is 6. The second kappa shape index (κ2) is 9.25. The van der Waals surface area contributed by atoms with Crippen molar-refractivity contribution in [1.82, 2.24) is 14.6 Å². The summed E-state index contributed by atoms with van der Waals surface area (Å²) >= 11 is 1.30. The Morgan fingerprint density at radius 1 is 1.17 bits per heavy atom. The van der Waals surface area contributed by atoms with Crippen LogP contribution in [0.5, 0.6) is 0 Å². The number of fused-ring (bicyclic) bond motifs is 2. The number of aromatic nitrogens is 3. The van der Waals surface area contributed by atoms with Crippen molar-refractivity contribution in [3.05, 3.63) is 45.2 Å². The van der Waals surface area contributed by atoms with Gasteiger partial charge in [0.2, 0.25) is 0 Å². The van der Waals surface area contributed by atoms with Crippen LogP contribution in [0, 0.1) is 0 Å². The van der Waals surface area contributed by atoms with Crippen LogP contribution >= 0.6 is 11.3 Å². The number of nitrogens with zero attached hydrogens (tertiary/aromatic N) is 3. The molecule has 11 heteroatoms. The molecule has 1 N–H and O–H groups in total. The highest BCUT2D eigenvalue weighted by Crippen LogP contribution is 2.39. The number of anilines is 1. The molecular weight excluding hydrogens is 481 g/mol. The number of ether oxygens (including phenoxy) is 1. The molecule has 0 saturated heterocycles. The Morgan fingerprint density at radius 3 is 2.54 bits per heavy atom. The molecule has 3 aromatic heterocycles. The van der Waals surface area contributed by atoms with E-state index in [-0.39, 0.29) is 23.6 Å². The van der Waals surface area contributed by atoms with E-state index in [0.717, 1.165) is 35.8 Å². The molecule has 188 valence electrons. The third-order valence-electron chi connectivity index (χ3n) is 5.76. The minimum absolute atomic E-state index is 0.0806. The standard InChI is InChI=1S/C24H27F3N4O3S/c1-5-10-34-22(33)19-13-8-6-7-9-15(13)35-21(19)29-20(32)14-11-18-28-16(23(2,3)4)12-17(24(25,26)27)31(18)30-14/h11-12H,5-10H2,1-4H3,(H,29,32). The molecule has 7 nitrogen and oxygen atoms in total. The molecule has 1 amide bonds. The van der Waals surface area contributed by atoms with Crippen LogP contribution < -0.4 is 5.32 Å². The number of thiophene rings is 1. The SMILES string of the molecule is CCCOC(=O)c1c(NC(=O)c2cc3nc(C(C)(C)C)cc(C(F)(F)F)n3n2)sc2c1CCCC2. The van der Waals surface area contributed by atoms with Crippen LogP contribution in [0.4, 0.5) is 18.2 Å². The first-order chi connectivity index (χ1) is 16.4. The number of hydrogen-bond donors (Lipinski definition) is 1. The Kier molecular flexibility index (Phi) is 6.65. The quantitative estimate of drug-likeness (QED) is 0.440. The van der Waals surface area contributed by atoms with Crippen molar-refractivity contribution in [2.24, 2.45) is 0 Å². The summed E-state index contributed by atoms with van der Waals surface area (Å²) in [6, 6.07) is 2.18. The summed E-state index contributed by atoms with van der Waals surface area (Å²) in [5.74, 6) is -1.23. The monoisotopic (exact) mass is 508 g/mol. The largest absolute Gasteiger partial charge is 0.462 e. The molecule has 4 rings (SSSR count). The topological polar surface area (TPSA) is 85.6 Å². The van der Waals surface area contributed by atoms with E-state index >= 15 is 0 Å². The van der Waals surface area contributed by atoms with Gasteiger partial charge < -0.3 is 10.1 Å². The highest BCUT2D eigenvalue weighted by molar-refractivity contribution is 7.17. The van der Waals surface area contributed by atoms with Gasteiger partial charge in [0.1, 0.15) is 10.7 Å². The Labute approximate surface area is 204 Å². The van der Waals surface area contributed by atoms with E-state index in [1.807, 2.05) is 6.92 Å². The van der Waals surface area contributed by atoms with Crippen molar-refractivity contribution in [2.45, 2.75) is 71.4 Å². The van der Waals surface area contributed by atoms with Gasteiger partial charge >= 0.3 is 12.1 Å². The van der Waals surface area contributed by atoms with Gasteiger partial charge in [-0.2, -0.15) is 18.3 Å². The van der Waals surface area contributed by atoms with E-state index in [1.165, 1.54) is 17.4 Å². The van der Waals surface area contributed by atoms with Gasteiger partial charge in [0.25, 0.3) is 5.91 Å². The number of carbonyl (C=O) groups excluding carboxylic acids is 2. The van der Waals surface area contributed by atoms with Gasteiger partial charge in [0.05, 0.1) is 17.9 Å². The van der Waals surface area contributed by atoms with Gasteiger partial charge in [0, 0.05) is 16.4 Å². The van der Waals surface area contributed by atoms with Gasteiger partial charge in [-0.25, -0.2) is 14.3 Å². The number of halogens is 3. The lowest BCUT2D eigenvalue weighted by Crippen LogP contribution is -2.20. The van der Waals surface area contributed by atoms with Gasteiger partial charge in [0.15, 0.2) is 11.3 Å². The zero-order chi connectivity index (χ0) is 25.5. The number of esters is 1. The molecule has 35 heavy (non-hydrogen) atoms. The molecule has 0 atom stereocenters. The molecule has 0 spiro atoms. The van der Waals surface area contributed by atoms with Crippen LogP contribution in [-0.4, -0.2) is 33.1 Å². The lowest BCUT2D eigenvalue weighted by molar-refractivity contribution is -0.142. The van der Waals surface area contributed by atoms with E-state index in [0.29, 0.717) is 27.9 Å². The average molecular weight is 509 g/mol. The molecule has 0 fully saturated rings. The molecule has 0 unspecified atom stereocenters. The molecule has 1 aliphatic rings. The highest BCUT2D eigenvalue weighted by atomic mass is 32.1. The predicted molar refractivity (Wildman–Crippen MR) is 126 cm³/mol. The molecular formula is C24H27F3N4O3S. The second-order valence-corrected chi connectivity index (χ2v) is 10.7. The Morgan fingerprint density at radius 2 is 1.89 bits per heavy atom. The van der Waals surface area contributed by atoms with Crippen LogP contribution in [0.2, 0.25) is 0 Å². The first-order valence-electron chi connectivity index (χ1n) is 11.5. The molecule has 3 aromatic rings.